The minimum absolute atomic E-state index is 0.162. The van der Waals surface area contributed by atoms with Gasteiger partial charge in [0.2, 0.25) is 0 Å². The number of hydrogen-bond acceptors (Lipinski definition) is 4. The lowest BCUT2D eigenvalue weighted by molar-refractivity contribution is -0.188. The summed E-state index contributed by atoms with van der Waals surface area (Å²) in [6, 6.07) is 9.15. The fraction of sp³-hybridized carbons (Fsp3) is 0.533. The van der Waals surface area contributed by atoms with E-state index < -0.39 is 30.0 Å². The quantitative estimate of drug-likeness (QED) is 0.837. The van der Waals surface area contributed by atoms with Crippen LogP contribution in [0.5, 0.6) is 0 Å². The predicted molar refractivity (Wildman–Crippen MR) is 71.0 cm³/mol. The number of carbonyl (C=O) groups is 1. The number of alkyl halides is 3. The Bertz CT molecular complexity index is 513. The summed E-state index contributed by atoms with van der Waals surface area (Å²) in [6.07, 6.45) is -7.76. The molecule has 1 aromatic rings. The minimum atomic E-state index is -4.97. The Kier molecular flexibility index (Phi) is 4.89. The Morgan fingerprint density at radius 3 is 2.45 bits per heavy atom. The van der Waals surface area contributed by atoms with Crippen molar-refractivity contribution in [2.45, 2.75) is 44.6 Å². The molecule has 4 nitrogen and oxygen atoms in total. The van der Waals surface area contributed by atoms with E-state index in [4.69, 9.17) is 14.2 Å². The van der Waals surface area contributed by atoms with Gasteiger partial charge in [0, 0.05) is 0 Å². The first-order chi connectivity index (χ1) is 10.2. The van der Waals surface area contributed by atoms with Gasteiger partial charge >= 0.3 is 6.18 Å². The number of carbonyl (C=O) groups excluding carboxylic acids is 1. The molecule has 7 heteroatoms. The van der Waals surface area contributed by atoms with Crippen LogP contribution < -0.4 is 0 Å². The molecule has 0 N–H and O–H groups in total. The van der Waals surface area contributed by atoms with Crippen LogP contribution in [0.3, 0.4) is 0 Å². The molecular weight excluding hydrogens is 301 g/mol. The molecular formula is C15H17F3O4. The average molecular weight is 318 g/mol. The van der Waals surface area contributed by atoms with Crippen LogP contribution in [0.15, 0.2) is 30.3 Å². The van der Waals surface area contributed by atoms with E-state index in [1.807, 2.05) is 30.3 Å². The third-order valence-electron chi connectivity index (χ3n) is 3.12. The lowest BCUT2D eigenvalue weighted by atomic mass is 10.1. The summed E-state index contributed by atoms with van der Waals surface area (Å²) in [5.74, 6) is -3.21. The maximum atomic E-state index is 12.6. The number of halogens is 3. The van der Waals surface area contributed by atoms with Gasteiger partial charge in [-0.15, -0.1) is 0 Å². The van der Waals surface area contributed by atoms with Crippen molar-refractivity contribution >= 4 is 5.78 Å². The van der Waals surface area contributed by atoms with Gasteiger partial charge in [0.15, 0.2) is 11.9 Å². The van der Waals surface area contributed by atoms with Crippen LogP contribution in [-0.4, -0.2) is 36.6 Å². The Morgan fingerprint density at radius 1 is 1.23 bits per heavy atom. The molecule has 0 radical (unpaired) electrons. The van der Waals surface area contributed by atoms with Crippen molar-refractivity contribution < 1.29 is 32.2 Å². The second kappa shape index (κ2) is 6.36. The van der Waals surface area contributed by atoms with Crippen molar-refractivity contribution in [1.82, 2.24) is 0 Å². The third kappa shape index (κ3) is 4.28. The molecule has 2 rings (SSSR count). The lowest BCUT2D eigenvalue weighted by Gasteiger charge is -2.17. The molecule has 22 heavy (non-hydrogen) atoms. The van der Waals surface area contributed by atoms with Gasteiger partial charge < -0.3 is 14.2 Å². The van der Waals surface area contributed by atoms with Crippen molar-refractivity contribution in [2.75, 3.05) is 6.61 Å². The molecule has 1 saturated heterocycles. The molecule has 0 amide bonds. The lowest BCUT2D eigenvalue weighted by Crippen LogP contribution is -2.42. The highest BCUT2D eigenvalue weighted by Gasteiger charge is 2.53. The average Bonchev–Trinajstić information content (AvgIpc) is 2.73. The largest absolute Gasteiger partial charge is 0.452 e. The summed E-state index contributed by atoms with van der Waals surface area (Å²) in [7, 11) is 0. The minimum Gasteiger partial charge on any atom is -0.374 e. The summed E-state index contributed by atoms with van der Waals surface area (Å²) < 4.78 is 53.6. The number of ether oxygens (including phenoxy) is 3. The highest BCUT2D eigenvalue weighted by Crippen LogP contribution is 2.33. The zero-order valence-electron chi connectivity index (χ0n) is 12.2. The Morgan fingerprint density at radius 2 is 1.86 bits per heavy atom. The SMILES string of the molecule is CC1(C)O[C@H](COCc2ccccc2)[C@H](C(=O)C(F)(F)F)O1. The zero-order valence-corrected chi connectivity index (χ0v) is 12.2. The number of rotatable bonds is 5. The monoisotopic (exact) mass is 318 g/mol. The summed E-state index contributed by atoms with van der Waals surface area (Å²) in [6.45, 7) is 2.97. The molecule has 1 heterocycles. The molecule has 1 aromatic carbocycles. The van der Waals surface area contributed by atoms with Gasteiger partial charge in [-0.1, -0.05) is 30.3 Å². The highest BCUT2D eigenvalue weighted by atomic mass is 19.4. The molecule has 0 aliphatic carbocycles. The van der Waals surface area contributed by atoms with E-state index in [2.05, 4.69) is 0 Å². The first-order valence-electron chi connectivity index (χ1n) is 6.77. The van der Waals surface area contributed by atoms with Crippen LogP contribution in [0.2, 0.25) is 0 Å². The van der Waals surface area contributed by atoms with E-state index in [-0.39, 0.29) is 13.2 Å². The maximum Gasteiger partial charge on any atom is 0.452 e. The van der Waals surface area contributed by atoms with Crippen LogP contribution in [0, 0.1) is 0 Å². The van der Waals surface area contributed by atoms with Crippen LogP contribution in [-0.2, 0) is 25.6 Å². The summed E-state index contributed by atoms with van der Waals surface area (Å²) >= 11 is 0. The predicted octanol–water partition coefficient (Wildman–Crippen LogP) is 2.85. The van der Waals surface area contributed by atoms with Gasteiger partial charge in [0.1, 0.15) is 6.10 Å². The smallest absolute Gasteiger partial charge is 0.374 e. The van der Waals surface area contributed by atoms with Gasteiger partial charge in [0.25, 0.3) is 5.78 Å². The number of ketones is 1. The van der Waals surface area contributed by atoms with Crippen LogP contribution in [0.1, 0.15) is 19.4 Å². The molecule has 1 aliphatic heterocycles. The second-order valence-electron chi connectivity index (χ2n) is 5.46. The Balaban J connectivity index is 1.96. The molecule has 0 saturated carbocycles. The number of hydrogen-bond donors (Lipinski definition) is 0. The van der Waals surface area contributed by atoms with Crippen molar-refractivity contribution in [2.24, 2.45) is 0 Å². The van der Waals surface area contributed by atoms with E-state index in [1.165, 1.54) is 13.8 Å². The Hall–Kier alpha value is -1.44. The topological polar surface area (TPSA) is 44.8 Å². The van der Waals surface area contributed by atoms with E-state index in [9.17, 15) is 18.0 Å². The Labute approximate surface area is 126 Å². The van der Waals surface area contributed by atoms with Crippen LogP contribution in [0.25, 0.3) is 0 Å². The highest BCUT2D eigenvalue weighted by molar-refractivity contribution is 5.89. The maximum absolute atomic E-state index is 12.6. The third-order valence-corrected chi connectivity index (χ3v) is 3.12. The standard InChI is InChI=1S/C15H17F3O4/c1-14(2)21-11(12(22-14)13(19)15(16,17)18)9-20-8-10-6-4-3-5-7-10/h3-7,11-12H,8-9H2,1-2H3/t11-,12-/m1/s1. The molecule has 1 fully saturated rings. The summed E-state index contributed by atoms with van der Waals surface area (Å²) in [4.78, 5) is 11.4. The zero-order chi connectivity index (χ0) is 16.4. The van der Waals surface area contributed by atoms with Gasteiger partial charge in [-0.3, -0.25) is 4.79 Å². The summed E-state index contributed by atoms with van der Waals surface area (Å²) in [5.41, 5.74) is 0.874. The molecule has 0 bridgehead atoms. The second-order valence-corrected chi connectivity index (χ2v) is 5.46. The summed E-state index contributed by atoms with van der Waals surface area (Å²) in [5, 5.41) is 0. The van der Waals surface area contributed by atoms with E-state index >= 15 is 0 Å². The first kappa shape index (κ1) is 16.9. The first-order valence-corrected chi connectivity index (χ1v) is 6.77. The molecule has 0 spiro atoms. The molecule has 0 unspecified atom stereocenters. The molecule has 122 valence electrons. The van der Waals surface area contributed by atoms with Crippen LogP contribution in [0.4, 0.5) is 13.2 Å². The van der Waals surface area contributed by atoms with E-state index in [1.54, 1.807) is 0 Å². The van der Waals surface area contributed by atoms with E-state index in [0.717, 1.165) is 5.56 Å². The van der Waals surface area contributed by atoms with Crippen molar-refractivity contribution in [3.8, 4) is 0 Å². The van der Waals surface area contributed by atoms with Gasteiger partial charge in [0.05, 0.1) is 13.2 Å². The van der Waals surface area contributed by atoms with Crippen LogP contribution >= 0.6 is 0 Å². The molecule has 2 atom stereocenters. The molecule has 1 aliphatic rings. The van der Waals surface area contributed by atoms with Crippen molar-refractivity contribution in [1.29, 1.82) is 0 Å². The number of benzene rings is 1. The van der Waals surface area contributed by atoms with Crippen molar-refractivity contribution in [3.63, 3.8) is 0 Å². The van der Waals surface area contributed by atoms with Gasteiger partial charge in [-0.25, -0.2) is 0 Å². The molecule has 0 aromatic heterocycles. The fourth-order valence-electron chi connectivity index (χ4n) is 2.21. The normalized spacial score (nSPS) is 24.4. The van der Waals surface area contributed by atoms with E-state index in [0.29, 0.717) is 0 Å². The number of Topliss-reactive ketones (excluding diaryl/α,β-unsaturated/α-hetero) is 1. The van der Waals surface area contributed by atoms with Crippen molar-refractivity contribution in [3.05, 3.63) is 35.9 Å². The van der Waals surface area contributed by atoms with Gasteiger partial charge in [-0.05, 0) is 19.4 Å². The fourth-order valence-corrected chi connectivity index (χ4v) is 2.21. The van der Waals surface area contributed by atoms with Gasteiger partial charge in [-0.2, -0.15) is 13.2 Å².